The van der Waals surface area contributed by atoms with Gasteiger partial charge in [0, 0.05) is 24.8 Å². The van der Waals surface area contributed by atoms with Gasteiger partial charge < -0.3 is 25.0 Å². The van der Waals surface area contributed by atoms with Gasteiger partial charge in [-0.1, -0.05) is 0 Å². The number of carbonyl (C=O) groups excluding carboxylic acids is 3. The summed E-state index contributed by atoms with van der Waals surface area (Å²) in [5.74, 6) is -0.697. The third-order valence-corrected chi connectivity index (χ3v) is 6.53. The zero-order valence-corrected chi connectivity index (χ0v) is 20.4. The highest BCUT2D eigenvalue weighted by atomic mass is 19.4. The SMILES string of the molecule is CCNC(=O)C[C@H]1CC[C@@H]2[C@@H](COc3ccc(NC(=O)c4ccc(C(F)(F)F)cc4)cc3C(=O)N2C)O1. The van der Waals surface area contributed by atoms with Crippen molar-refractivity contribution in [3.63, 3.8) is 0 Å². The molecule has 0 saturated carbocycles. The quantitative estimate of drug-likeness (QED) is 0.626. The predicted octanol–water partition coefficient (Wildman–Crippen LogP) is 3.86. The molecule has 0 radical (unpaired) electrons. The van der Waals surface area contributed by atoms with E-state index in [0.29, 0.717) is 30.8 Å². The van der Waals surface area contributed by atoms with Crippen LogP contribution in [-0.2, 0) is 15.7 Å². The topological polar surface area (TPSA) is 97.0 Å². The van der Waals surface area contributed by atoms with Crippen LogP contribution in [0.2, 0.25) is 0 Å². The number of carbonyl (C=O) groups is 3. The molecule has 8 nitrogen and oxygen atoms in total. The Hall–Kier alpha value is -3.60. The number of rotatable bonds is 5. The lowest BCUT2D eigenvalue weighted by Gasteiger charge is -2.42. The number of benzene rings is 2. The van der Waals surface area contributed by atoms with Gasteiger partial charge in [0.05, 0.1) is 29.7 Å². The van der Waals surface area contributed by atoms with Crippen molar-refractivity contribution in [3.8, 4) is 5.75 Å². The lowest BCUT2D eigenvalue weighted by atomic mass is 9.94. The van der Waals surface area contributed by atoms with Gasteiger partial charge in [-0.05, 0) is 62.2 Å². The van der Waals surface area contributed by atoms with Gasteiger partial charge in [-0.2, -0.15) is 13.2 Å². The number of fused-ring (bicyclic) bond motifs is 2. The first-order valence-electron chi connectivity index (χ1n) is 12.0. The van der Waals surface area contributed by atoms with E-state index in [9.17, 15) is 27.6 Å². The Balaban J connectivity index is 1.47. The fraction of sp³-hybridized carbons (Fsp3) is 0.423. The fourth-order valence-corrected chi connectivity index (χ4v) is 4.60. The average Bonchev–Trinajstić information content (AvgIpc) is 2.86. The first kappa shape index (κ1) is 26.5. The Bertz CT molecular complexity index is 1170. The van der Waals surface area contributed by atoms with Gasteiger partial charge in [0.2, 0.25) is 5.91 Å². The summed E-state index contributed by atoms with van der Waals surface area (Å²) >= 11 is 0. The molecular formula is C26H28F3N3O5. The summed E-state index contributed by atoms with van der Waals surface area (Å²) in [6.07, 6.45) is -3.67. The van der Waals surface area contributed by atoms with Gasteiger partial charge >= 0.3 is 6.18 Å². The molecule has 11 heteroatoms. The Morgan fingerprint density at radius 3 is 2.51 bits per heavy atom. The monoisotopic (exact) mass is 519 g/mol. The van der Waals surface area contributed by atoms with E-state index in [-0.39, 0.29) is 48.1 Å². The minimum absolute atomic E-state index is 0.0452. The van der Waals surface area contributed by atoms with Crippen LogP contribution >= 0.6 is 0 Å². The molecule has 4 rings (SSSR count). The molecule has 0 spiro atoms. The molecule has 0 unspecified atom stereocenters. The maximum absolute atomic E-state index is 13.3. The first-order chi connectivity index (χ1) is 17.6. The molecule has 3 atom stereocenters. The summed E-state index contributed by atoms with van der Waals surface area (Å²) in [5.41, 5.74) is -0.260. The number of hydrogen-bond acceptors (Lipinski definition) is 5. The molecule has 0 aliphatic carbocycles. The number of hydrogen-bond donors (Lipinski definition) is 2. The lowest BCUT2D eigenvalue weighted by molar-refractivity contribution is -0.137. The zero-order chi connectivity index (χ0) is 26.7. The average molecular weight is 520 g/mol. The minimum Gasteiger partial charge on any atom is -0.490 e. The smallest absolute Gasteiger partial charge is 0.416 e. The fourth-order valence-electron chi connectivity index (χ4n) is 4.60. The van der Waals surface area contributed by atoms with Gasteiger partial charge in [0.25, 0.3) is 11.8 Å². The van der Waals surface area contributed by atoms with E-state index in [1.54, 1.807) is 24.1 Å². The van der Waals surface area contributed by atoms with Crippen molar-refractivity contribution in [1.82, 2.24) is 10.2 Å². The van der Waals surface area contributed by atoms with Gasteiger partial charge in [0.15, 0.2) is 0 Å². The molecule has 2 aromatic rings. The minimum atomic E-state index is -4.50. The highest BCUT2D eigenvalue weighted by Gasteiger charge is 2.39. The molecule has 2 aromatic carbocycles. The highest BCUT2D eigenvalue weighted by molar-refractivity contribution is 6.05. The maximum Gasteiger partial charge on any atom is 0.416 e. The number of nitrogens with one attached hydrogen (secondary N) is 2. The zero-order valence-electron chi connectivity index (χ0n) is 20.4. The van der Waals surface area contributed by atoms with Crippen molar-refractivity contribution in [2.45, 2.75) is 50.6 Å². The van der Waals surface area contributed by atoms with E-state index in [4.69, 9.17) is 9.47 Å². The number of anilines is 1. The maximum atomic E-state index is 13.3. The van der Waals surface area contributed by atoms with Crippen molar-refractivity contribution in [2.75, 3.05) is 25.5 Å². The van der Waals surface area contributed by atoms with Crippen LogP contribution in [0.5, 0.6) is 5.75 Å². The largest absolute Gasteiger partial charge is 0.490 e. The van der Waals surface area contributed by atoms with Crippen LogP contribution < -0.4 is 15.4 Å². The van der Waals surface area contributed by atoms with Crippen LogP contribution in [0, 0.1) is 0 Å². The number of nitrogens with zero attached hydrogens (tertiary/aromatic N) is 1. The Kier molecular flexibility index (Phi) is 7.72. The van der Waals surface area contributed by atoms with E-state index in [1.807, 2.05) is 6.92 Å². The van der Waals surface area contributed by atoms with Crippen LogP contribution in [-0.4, -0.2) is 61.1 Å². The van der Waals surface area contributed by atoms with Crippen molar-refractivity contribution in [2.24, 2.45) is 0 Å². The van der Waals surface area contributed by atoms with E-state index in [0.717, 1.165) is 24.3 Å². The number of alkyl halides is 3. The second-order valence-electron chi connectivity index (χ2n) is 9.07. The molecular weight excluding hydrogens is 491 g/mol. The van der Waals surface area contributed by atoms with Crippen LogP contribution in [0.15, 0.2) is 42.5 Å². The lowest BCUT2D eigenvalue weighted by Crippen LogP contribution is -2.54. The summed E-state index contributed by atoms with van der Waals surface area (Å²) in [5, 5.41) is 5.38. The molecule has 3 amide bonds. The normalized spacial score (nSPS) is 21.6. The molecule has 1 fully saturated rings. The van der Waals surface area contributed by atoms with E-state index in [1.165, 1.54) is 6.07 Å². The molecule has 0 bridgehead atoms. The number of likely N-dealkylation sites (N-methyl/N-ethyl adjacent to an activating group) is 1. The second kappa shape index (κ2) is 10.8. The van der Waals surface area contributed by atoms with Gasteiger partial charge in [-0.25, -0.2) is 0 Å². The van der Waals surface area contributed by atoms with Gasteiger partial charge in [-0.3, -0.25) is 14.4 Å². The van der Waals surface area contributed by atoms with E-state index >= 15 is 0 Å². The molecule has 2 aliphatic rings. The molecule has 2 aliphatic heterocycles. The highest BCUT2D eigenvalue weighted by Crippen LogP contribution is 2.33. The molecule has 198 valence electrons. The standard InChI is InChI=1S/C26H28F3N3O5/c1-3-30-23(33)13-18-9-10-20-22(37-18)14-36-21-11-8-17(12-19(21)25(35)32(20)2)31-24(34)15-4-6-16(7-5-15)26(27,28)29/h4-8,11-12,18,20,22H,3,9-10,13-14H2,1-2H3,(H,30,33)(H,31,34)/t18-,20-,22-/m1/s1. The Morgan fingerprint density at radius 1 is 1.11 bits per heavy atom. The van der Waals surface area contributed by atoms with Crippen molar-refractivity contribution >= 4 is 23.4 Å². The summed E-state index contributed by atoms with van der Waals surface area (Å²) in [6, 6.07) is 8.20. The predicted molar refractivity (Wildman–Crippen MR) is 128 cm³/mol. The molecule has 37 heavy (non-hydrogen) atoms. The van der Waals surface area contributed by atoms with Gasteiger partial charge in [0.1, 0.15) is 18.5 Å². The van der Waals surface area contributed by atoms with Crippen LogP contribution in [0.25, 0.3) is 0 Å². The second-order valence-corrected chi connectivity index (χ2v) is 9.07. The summed E-state index contributed by atoms with van der Waals surface area (Å²) in [7, 11) is 1.68. The third kappa shape index (κ3) is 6.04. The van der Waals surface area contributed by atoms with E-state index < -0.39 is 23.8 Å². The Labute approximate surface area is 212 Å². The molecule has 2 N–H and O–H groups in total. The summed E-state index contributed by atoms with van der Waals surface area (Å²) in [6.45, 7) is 2.57. The summed E-state index contributed by atoms with van der Waals surface area (Å²) < 4.78 is 50.4. The molecule has 1 saturated heterocycles. The van der Waals surface area contributed by atoms with Crippen LogP contribution in [0.3, 0.4) is 0 Å². The number of halogens is 3. The first-order valence-corrected chi connectivity index (χ1v) is 12.0. The van der Waals surface area contributed by atoms with Crippen LogP contribution in [0.1, 0.15) is 52.5 Å². The molecule has 2 heterocycles. The van der Waals surface area contributed by atoms with Crippen molar-refractivity contribution in [3.05, 3.63) is 59.2 Å². The summed E-state index contributed by atoms with van der Waals surface area (Å²) in [4.78, 5) is 39.5. The molecule has 0 aromatic heterocycles. The van der Waals surface area contributed by atoms with Crippen molar-refractivity contribution in [1.29, 1.82) is 0 Å². The Morgan fingerprint density at radius 2 is 1.84 bits per heavy atom. The van der Waals surface area contributed by atoms with Crippen molar-refractivity contribution < 1.29 is 37.0 Å². The van der Waals surface area contributed by atoms with E-state index in [2.05, 4.69) is 10.6 Å². The number of amides is 3. The van der Waals surface area contributed by atoms with Gasteiger partial charge in [-0.15, -0.1) is 0 Å². The third-order valence-electron chi connectivity index (χ3n) is 6.53. The van der Waals surface area contributed by atoms with Crippen LogP contribution in [0.4, 0.5) is 18.9 Å². The number of ether oxygens (including phenoxy) is 2.